The molecule has 8 nitrogen and oxygen atoms in total. The van der Waals surface area contributed by atoms with Crippen LogP contribution in [0.4, 0.5) is 4.79 Å². The standard InChI is InChI=1S/C26H27N5O3/c1-17-24(25(31(2)34-17)18-9-4-3-5-10-18)30-26(33)29-22(20-12-6-7-13-23(20)32)15-21(27)19-11-8-14-28-16-19/h3-14,16,22,25,27,32H,15H2,1-2H3,(H2,29,30,33). The Labute approximate surface area is 198 Å². The lowest BCUT2D eigenvalue weighted by Crippen LogP contribution is -2.40. The van der Waals surface area contributed by atoms with E-state index in [4.69, 9.17) is 10.2 Å². The van der Waals surface area contributed by atoms with E-state index in [0.29, 0.717) is 28.3 Å². The summed E-state index contributed by atoms with van der Waals surface area (Å²) in [6, 6.07) is 18.7. The van der Waals surface area contributed by atoms with Gasteiger partial charge in [-0.3, -0.25) is 4.98 Å². The number of aromatic nitrogens is 1. The van der Waals surface area contributed by atoms with Crippen molar-refractivity contribution in [3.05, 3.63) is 107 Å². The molecule has 0 saturated heterocycles. The summed E-state index contributed by atoms with van der Waals surface area (Å²) < 4.78 is 0. The molecule has 0 spiro atoms. The summed E-state index contributed by atoms with van der Waals surface area (Å²) in [5.41, 5.74) is 3.08. The quantitative estimate of drug-likeness (QED) is 0.392. The van der Waals surface area contributed by atoms with Gasteiger partial charge in [-0.25, -0.2) is 4.79 Å². The van der Waals surface area contributed by atoms with Crippen LogP contribution in [0.15, 0.2) is 90.6 Å². The molecule has 8 heteroatoms. The van der Waals surface area contributed by atoms with Crippen molar-refractivity contribution in [2.24, 2.45) is 0 Å². The number of allylic oxidation sites excluding steroid dienone is 1. The fourth-order valence-electron chi connectivity index (χ4n) is 4.06. The van der Waals surface area contributed by atoms with Gasteiger partial charge in [0.25, 0.3) is 0 Å². The molecule has 0 fully saturated rings. The fraction of sp³-hybridized carbons (Fsp3) is 0.192. The molecule has 34 heavy (non-hydrogen) atoms. The molecule has 174 valence electrons. The van der Waals surface area contributed by atoms with Crippen LogP contribution >= 0.6 is 0 Å². The van der Waals surface area contributed by atoms with Gasteiger partial charge in [0, 0.05) is 42.7 Å². The second kappa shape index (κ2) is 10.2. The van der Waals surface area contributed by atoms with Gasteiger partial charge in [0.15, 0.2) is 0 Å². The van der Waals surface area contributed by atoms with E-state index in [2.05, 4.69) is 15.6 Å². The number of phenols is 1. The molecular weight excluding hydrogens is 430 g/mol. The van der Waals surface area contributed by atoms with Gasteiger partial charge in [0.05, 0.1) is 11.7 Å². The Morgan fingerprint density at radius 1 is 1.15 bits per heavy atom. The molecule has 1 aliphatic rings. The Balaban J connectivity index is 1.55. The fourth-order valence-corrected chi connectivity index (χ4v) is 4.06. The highest BCUT2D eigenvalue weighted by atomic mass is 16.7. The van der Waals surface area contributed by atoms with Crippen molar-refractivity contribution in [1.29, 1.82) is 5.41 Å². The lowest BCUT2D eigenvalue weighted by atomic mass is 9.97. The summed E-state index contributed by atoms with van der Waals surface area (Å²) >= 11 is 0. The van der Waals surface area contributed by atoms with E-state index in [0.717, 1.165) is 5.56 Å². The summed E-state index contributed by atoms with van der Waals surface area (Å²) in [5.74, 6) is 0.641. The molecule has 4 rings (SSSR count). The number of likely N-dealkylation sites (N-methyl/N-ethyl adjacent to an activating group) is 1. The van der Waals surface area contributed by atoms with Crippen molar-refractivity contribution in [1.82, 2.24) is 20.7 Å². The van der Waals surface area contributed by atoms with E-state index in [1.54, 1.807) is 60.8 Å². The van der Waals surface area contributed by atoms with Crippen LogP contribution in [-0.2, 0) is 4.84 Å². The van der Waals surface area contributed by atoms with Gasteiger partial charge in [-0.1, -0.05) is 54.6 Å². The Morgan fingerprint density at radius 2 is 1.88 bits per heavy atom. The number of para-hydroxylation sites is 1. The topological polar surface area (TPSA) is 111 Å². The number of aromatic hydroxyl groups is 1. The number of urea groups is 1. The zero-order valence-electron chi connectivity index (χ0n) is 19.0. The van der Waals surface area contributed by atoms with Crippen molar-refractivity contribution in [2.75, 3.05) is 7.05 Å². The highest BCUT2D eigenvalue weighted by molar-refractivity contribution is 5.98. The van der Waals surface area contributed by atoms with Crippen molar-refractivity contribution in [2.45, 2.75) is 25.4 Å². The minimum Gasteiger partial charge on any atom is -0.508 e. The zero-order chi connectivity index (χ0) is 24.1. The van der Waals surface area contributed by atoms with Gasteiger partial charge in [-0.15, -0.1) is 5.06 Å². The van der Waals surface area contributed by atoms with E-state index in [1.165, 1.54) is 0 Å². The lowest BCUT2D eigenvalue weighted by molar-refractivity contribution is -0.0947. The summed E-state index contributed by atoms with van der Waals surface area (Å²) in [6.45, 7) is 1.80. The Kier molecular flexibility index (Phi) is 6.89. The number of rotatable bonds is 7. The third-order valence-electron chi connectivity index (χ3n) is 5.70. The van der Waals surface area contributed by atoms with E-state index in [-0.39, 0.29) is 18.2 Å². The van der Waals surface area contributed by atoms with Crippen LogP contribution < -0.4 is 10.6 Å². The van der Waals surface area contributed by atoms with Gasteiger partial charge in [-0.2, -0.15) is 0 Å². The second-order valence-electron chi connectivity index (χ2n) is 8.05. The Hall–Kier alpha value is -4.17. The summed E-state index contributed by atoms with van der Waals surface area (Å²) in [5, 5.41) is 26.5. The van der Waals surface area contributed by atoms with Gasteiger partial charge in [0.1, 0.15) is 17.6 Å². The van der Waals surface area contributed by atoms with Gasteiger partial charge >= 0.3 is 6.03 Å². The maximum atomic E-state index is 13.1. The number of pyridine rings is 1. The first-order chi connectivity index (χ1) is 16.4. The third-order valence-corrected chi connectivity index (χ3v) is 5.70. The predicted molar refractivity (Wildman–Crippen MR) is 129 cm³/mol. The number of benzene rings is 2. The van der Waals surface area contributed by atoms with Crippen molar-refractivity contribution < 1.29 is 14.7 Å². The zero-order valence-corrected chi connectivity index (χ0v) is 19.0. The molecule has 0 saturated carbocycles. The number of phenolic OH excluding ortho intramolecular Hbond substituents is 1. The average molecular weight is 458 g/mol. The minimum atomic E-state index is -0.634. The Morgan fingerprint density at radius 3 is 2.59 bits per heavy atom. The van der Waals surface area contributed by atoms with Gasteiger partial charge < -0.3 is 26.0 Å². The van der Waals surface area contributed by atoms with Gasteiger partial charge in [0.2, 0.25) is 0 Å². The second-order valence-corrected chi connectivity index (χ2v) is 8.05. The molecule has 2 atom stereocenters. The first-order valence-corrected chi connectivity index (χ1v) is 10.9. The molecule has 2 aromatic carbocycles. The molecule has 2 amide bonds. The van der Waals surface area contributed by atoms with Crippen LogP contribution in [0.1, 0.15) is 42.1 Å². The number of carbonyl (C=O) groups is 1. The number of hydrogen-bond donors (Lipinski definition) is 4. The van der Waals surface area contributed by atoms with Gasteiger partial charge in [-0.05, 0) is 24.6 Å². The van der Waals surface area contributed by atoms with Crippen LogP contribution in [0, 0.1) is 5.41 Å². The monoisotopic (exact) mass is 457 g/mol. The minimum absolute atomic E-state index is 0.0493. The molecule has 2 unspecified atom stereocenters. The number of nitrogens with zero attached hydrogens (tertiary/aromatic N) is 2. The van der Waals surface area contributed by atoms with Crippen LogP contribution in [0.5, 0.6) is 5.75 Å². The summed E-state index contributed by atoms with van der Waals surface area (Å²) in [7, 11) is 1.81. The highest BCUT2D eigenvalue weighted by Crippen LogP contribution is 2.35. The Bertz CT molecular complexity index is 1200. The lowest BCUT2D eigenvalue weighted by Gasteiger charge is -2.23. The maximum absolute atomic E-state index is 13.1. The molecular formula is C26H27N5O3. The molecule has 0 aliphatic carbocycles. The normalized spacial score (nSPS) is 16.6. The summed E-state index contributed by atoms with van der Waals surface area (Å²) in [6.07, 6.45) is 3.42. The van der Waals surface area contributed by atoms with Crippen molar-refractivity contribution in [3.8, 4) is 5.75 Å². The number of amides is 2. The molecule has 1 aliphatic heterocycles. The van der Waals surface area contributed by atoms with Crippen LogP contribution in [-0.4, -0.2) is 33.9 Å². The molecule has 0 bridgehead atoms. The van der Waals surface area contributed by atoms with E-state index < -0.39 is 12.1 Å². The van der Waals surface area contributed by atoms with E-state index in [9.17, 15) is 9.90 Å². The first-order valence-electron chi connectivity index (χ1n) is 10.9. The van der Waals surface area contributed by atoms with Crippen LogP contribution in [0.25, 0.3) is 0 Å². The first kappa shape index (κ1) is 23.0. The van der Waals surface area contributed by atoms with Crippen molar-refractivity contribution >= 4 is 11.7 Å². The highest BCUT2D eigenvalue weighted by Gasteiger charge is 2.33. The number of carbonyl (C=O) groups excluding carboxylic acids is 1. The molecule has 3 aromatic rings. The predicted octanol–water partition coefficient (Wildman–Crippen LogP) is 4.44. The SMILES string of the molecule is CC1=C(NC(=O)NC(CC(=N)c2cccnc2)c2ccccc2O)C(c2ccccc2)N(C)O1. The maximum Gasteiger partial charge on any atom is 0.319 e. The average Bonchev–Trinajstić information content (AvgIpc) is 3.12. The molecule has 4 N–H and O–H groups in total. The largest absolute Gasteiger partial charge is 0.508 e. The van der Waals surface area contributed by atoms with Crippen LogP contribution in [0.3, 0.4) is 0 Å². The van der Waals surface area contributed by atoms with Crippen molar-refractivity contribution in [3.63, 3.8) is 0 Å². The van der Waals surface area contributed by atoms with E-state index in [1.807, 2.05) is 37.4 Å². The smallest absolute Gasteiger partial charge is 0.319 e. The number of nitrogens with one attached hydrogen (secondary N) is 3. The number of hydrogen-bond acceptors (Lipinski definition) is 6. The van der Waals surface area contributed by atoms with E-state index >= 15 is 0 Å². The number of hydroxylamine groups is 2. The molecule has 2 heterocycles. The summed E-state index contributed by atoms with van der Waals surface area (Å²) in [4.78, 5) is 23.0. The van der Waals surface area contributed by atoms with Crippen LogP contribution in [0.2, 0.25) is 0 Å². The molecule has 0 radical (unpaired) electrons. The third kappa shape index (κ3) is 5.07. The molecule has 1 aromatic heterocycles.